The van der Waals surface area contributed by atoms with Crippen LogP contribution in [0.5, 0.6) is 11.5 Å². The molecule has 0 aliphatic carbocycles. The Kier molecular flexibility index (Phi) is 9.09. The fraction of sp³-hybridized carbons (Fsp3) is 0.344. The molecule has 0 unspecified atom stereocenters. The van der Waals surface area contributed by atoms with Gasteiger partial charge in [0.25, 0.3) is 11.5 Å². The van der Waals surface area contributed by atoms with Crippen molar-refractivity contribution in [3.63, 3.8) is 0 Å². The van der Waals surface area contributed by atoms with Crippen molar-refractivity contribution in [3.8, 4) is 11.5 Å². The van der Waals surface area contributed by atoms with Crippen molar-refractivity contribution in [2.75, 3.05) is 20.8 Å². The average molecular weight is 544 g/mol. The van der Waals surface area contributed by atoms with Crippen LogP contribution in [0.1, 0.15) is 58.8 Å². The summed E-state index contributed by atoms with van der Waals surface area (Å²) in [5.41, 5.74) is 4.01. The second kappa shape index (κ2) is 12.7. The van der Waals surface area contributed by atoms with Crippen LogP contribution in [0.3, 0.4) is 0 Å². The Morgan fingerprint density at radius 2 is 1.55 bits per heavy atom. The Balaban J connectivity index is 1.77. The molecule has 0 fully saturated rings. The van der Waals surface area contributed by atoms with E-state index in [2.05, 4.69) is 18.3 Å². The van der Waals surface area contributed by atoms with E-state index in [1.165, 1.54) is 18.8 Å². The number of nitrogens with one attached hydrogen (secondary N) is 1. The summed E-state index contributed by atoms with van der Waals surface area (Å²) in [5.74, 6) is 0.706. The topological polar surface area (TPSA) is 91.6 Å². The molecule has 1 heterocycles. The van der Waals surface area contributed by atoms with Crippen molar-refractivity contribution in [1.29, 1.82) is 0 Å². The third-order valence-corrected chi connectivity index (χ3v) is 7.19. The van der Waals surface area contributed by atoms with Crippen molar-refractivity contribution in [2.45, 2.75) is 53.1 Å². The Morgan fingerprint density at radius 1 is 0.850 bits per heavy atom. The Hall–Kier alpha value is -4.33. The Morgan fingerprint density at radius 3 is 2.23 bits per heavy atom. The van der Waals surface area contributed by atoms with Crippen molar-refractivity contribution < 1.29 is 14.3 Å². The van der Waals surface area contributed by atoms with E-state index >= 15 is 0 Å². The zero-order valence-corrected chi connectivity index (χ0v) is 23.9. The van der Waals surface area contributed by atoms with Gasteiger partial charge in [0.2, 0.25) is 0 Å². The van der Waals surface area contributed by atoms with Crippen LogP contribution in [0.25, 0.3) is 10.9 Å². The van der Waals surface area contributed by atoms with Gasteiger partial charge in [-0.3, -0.25) is 18.7 Å². The van der Waals surface area contributed by atoms with E-state index in [1.807, 2.05) is 26.0 Å². The van der Waals surface area contributed by atoms with E-state index in [1.54, 1.807) is 41.0 Å². The van der Waals surface area contributed by atoms with Gasteiger partial charge >= 0.3 is 5.69 Å². The van der Waals surface area contributed by atoms with Crippen LogP contribution < -0.4 is 26.0 Å². The third kappa shape index (κ3) is 6.11. The number of carbonyl (C=O) groups is 1. The summed E-state index contributed by atoms with van der Waals surface area (Å²) in [6.07, 6.45) is 3.10. The van der Waals surface area contributed by atoms with Gasteiger partial charge < -0.3 is 14.8 Å². The van der Waals surface area contributed by atoms with Gasteiger partial charge in [-0.25, -0.2) is 4.79 Å². The minimum Gasteiger partial charge on any atom is -0.493 e. The van der Waals surface area contributed by atoms with Crippen molar-refractivity contribution >= 4 is 16.8 Å². The van der Waals surface area contributed by atoms with Crippen LogP contribution in [0, 0.1) is 13.8 Å². The van der Waals surface area contributed by atoms with Gasteiger partial charge in [0.1, 0.15) is 0 Å². The molecule has 210 valence electrons. The predicted molar refractivity (Wildman–Crippen MR) is 158 cm³/mol. The molecule has 1 N–H and O–H groups in total. The normalized spacial score (nSPS) is 11.0. The molecule has 1 amide bonds. The van der Waals surface area contributed by atoms with Crippen molar-refractivity contribution in [3.05, 3.63) is 103 Å². The fourth-order valence-corrected chi connectivity index (χ4v) is 4.80. The number of aryl methyl sites for hydroxylation is 2. The summed E-state index contributed by atoms with van der Waals surface area (Å²) in [7, 11) is 3.03. The average Bonchev–Trinajstić information content (AvgIpc) is 2.96. The Labute approximate surface area is 234 Å². The summed E-state index contributed by atoms with van der Waals surface area (Å²) in [6, 6.07) is 16.4. The van der Waals surface area contributed by atoms with Crippen LogP contribution in [-0.4, -0.2) is 35.8 Å². The molecule has 3 aromatic carbocycles. The zero-order valence-electron chi connectivity index (χ0n) is 23.9. The number of rotatable bonds is 11. The van der Waals surface area contributed by atoms with Crippen LogP contribution in [0.4, 0.5) is 0 Å². The van der Waals surface area contributed by atoms with Crippen LogP contribution >= 0.6 is 0 Å². The van der Waals surface area contributed by atoms with Gasteiger partial charge in [0.05, 0.1) is 38.2 Å². The molecule has 40 heavy (non-hydrogen) atoms. The largest absolute Gasteiger partial charge is 0.493 e. The summed E-state index contributed by atoms with van der Waals surface area (Å²) in [4.78, 5) is 40.1. The number of methoxy groups -OCH3 is 2. The molecule has 0 aliphatic heterocycles. The molecule has 0 spiro atoms. The number of carbonyl (C=O) groups excluding carboxylic acids is 1. The third-order valence-electron chi connectivity index (χ3n) is 7.19. The lowest BCUT2D eigenvalue weighted by Crippen LogP contribution is -2.40. The second-order valence-corrected chi connectivity index (χ2v) is 10.1. The van der Waals surface area contributed by atoms with E-state index in [0.717, 1.165) is 41.5 Å². The summed E-state index contributed by atoms with van der Waals surface area (Å²) < 4.78 is 13.8. The number of benzene rings is 3. The molecule has 0 bridgehead atoms. The number of hydrogen-bond acceptors (Lipinski definition) is 5. The molecular formula is C32H37N3O5. The van der Waals surface area contributed by atoms with Crippen molar-refractivity contribution in [2.24, 2.45) is 0 Å². The molecule has 0 saturated carbocycles. The SMILES string of the molecule is CCCCCNC(=O)c1ccc(Cn2c(=O)c3cc(OC)c(OC)cc3n(Cc3cc(C)ccc3C)c2=O)cc1. The summed E-state index contributed by atoms with van der Waals surface area (Å²) >= 11 is 0. The highest BCUT2D eigenvalue weighted by molar-refractivity contribution is 5.94. The monoisotopic (exact) mass is 543 g/mol. The molecule has 0 radical (unpaired) electrons. The van der Waals surface area contributed by atoms with E-state index in [-0.39, 0.29) is 19.0 Å². The number of nitrogens with zero attached hydrogens (tertiary/aromatic N) is 2. The van der Waals surface area contributed by atoms with Crippen molar-refractivity contribution in [1.82, 2.24) is 14.5 Å². The lowest BCUT2D eigenvalue weighted by molar-refractivity contribution is 0.0953. The number of aromatic nitrogens is 2. The van der Waals surface area contributed by atoms with Crippen LogP contribution in [-0.2, 0) is 13.1 Å². The number of amides is 1. The minimum atomic E-state index is -0.427. The van der Waals surface area contributed by atoms with Gasteiger partial charge in [-0.05, 0) is 55.2 Å². The standard InChI is InChI=1S/C32H37N3O5/c1-6-7-8-15-33-30(36)24-13-11-23(12-14-24)19-35-31(37)26-17-28(39-4)29(40-5)18-27(26)34(32(35)38)20-25-16-21(2)9-10-22(25)3/h9-14,16-18H,6-8,15,19-20H2,1-5H3,(H,33,36). The first-order valence-electron chi connectivity index (χ1n) is 13.6. The summed E-state index contributed by atoms with van der Waals surface area (Å²) in [6.45, 7) is 7.11. The molecule has 1 aromatic heterocycles. The lowest BCUT2D eigenvalue weighted by atomic mass is 10.1. The van der Waals surface area contributed by atoms with Gasteiger partial charge in [0, 0.05) is 18.2 Å². The summed E-state index contributed by atoms with van der Waals surface area (Å²) in [5, 5.41) is 3.28. The van der Waals surface area contributed by atoms with E-state index in [4.69, 9.17) is 9.47 Å². The first kappa shape index (κ1) is 28.7. The molecular weight excluding hydrogens is 506 g/mol. The number of fused-ring (bicyclic) bond motifs is 1. The lowest BCUT2D eigenvalue weighted by Gasteiger charge is -2.17. The molecule has 4 aromatic rings. The van der Waals surface area contributed by atoms with Crippen LogP contribution in [0.2, 0.25) is 0 Å². The maximum atomic E-state index is 13.9. The predicted octanol–water partition coefficient (Wildman–Crippen LogP) is 4.81. The molecule has 8 heteroatoms. The number of unbranched alkanes of at least 4 members (excludes halogenated alkanes) is 2. The molecule has 0 atom stereocenters. The highest BCUT2D eigenvalue weighted by Gasteiger charge is 2.18. The molecule has 0 saturated heterocycles. The second-order valence-electron chi connectivity index (χ2n) is 10.1. The fourth-order valence-electron chi connectivity index (χ4n) is 4.80. The first-order valence-corrected chi connectivity index (χ1v) is 13.6. The highest BCUT2D eigenvalue weighted by atomic mass is 16.5. The van der Waals surface area contributed by atoms with Crippen LogP contribution in [0.15, 0.2) is 64.2 Å². The van der Waals surface area contributed by atoms with Gasteiger partial charge in [-0.15, -0.1) is 0 Å². The minimum absolute atomic E-state index is 0.0626. The maximum absolute atomic E-state index is 13.9. The Bertz CT molecular complexity index is 1630. The maximum Gasteiger partial charge on any atom is 0.332 e. The van der Waals surface area contributed by atoms with Gasteiger partial charge in [0.15, 0.2) is 11.5 Å². The zero-order chi connectivity index (χ0) is 28.8. The van der Waals surface area contributed by atoms with Gasteiger partial charge in [-0.2, -0.15) is 0 Å². The van der Waals surface area contributed by atoms with E-state index in [9.17, 15) is 14.4 Å². The van der Waals surface area contributed by atoms with E-state index in [0.29, 0.717) is 34.5 Å². The van der Waals surface area contributed by atoms with Gasteiger partial charge in [-0.1, -0.05) is 55.7 Å². The number of hydrogen-bond donors (Lipinski definition) is 1. The molecule has 0 aliphatic rings. The quantitative estimate of drug-likeness (QED) is 0.274. The molecule has 4 rings (SSSR count). The number of ether oxygens (including phenoxy) is 2. The highest BCUT2D eigenvalue weighted by Crippen LogP contribution is 2.31. The molecule has 8 nitrogen and oxygen atoms in total. The smallest absolute Gasteiger partial charge is 0.332 e. The van der Waals surface area contributed by atoms with E-state index < -0.39 is 11.2 Å². The first-order chi connectivity index (χ1) is 19.3.